The zero-order chi connectivity index (χ0) is 10.6. The van der Waals surface area contributed by atoms with Gasteiger partial charge in [0.25, 0.3) is 0 Å². The maximum Gasteiger partial charge on any atom is 0.396 e. The summed E-state index contributed by atoms with van der Waals surface area (Å²) in [5.74, 6) is -1.45. The minimum Gasteiger partial charge on any atom is -0.462 e. The normalized spacial score (nSPS) is 9.57. The highest BCUT2D eigenvalue weighted by atomic mass is 32.1. The van der Waals surface area contributed by atoms with E-state index in [1.54, 1.807) is 18.4 Å². The number of ether oxygens (including phenoxy) is 1. The minimum atomic E-state index is -0.830. The molecule has 0 unspecified atom stereocenters. The first-order valence-corrected chi connectivity index (χ1v) is 4.89. The van der Waals surface area contributed by atoms with E-state index >= 15 is 0 Å². The fraction of sp³-hybridized carbons (Fsp3) is 0.333. The molecule has 0 aliphatic heterocycles. The van der Waals surface area contributed by atoms with Crippen LogP contribution >= 0.6 is 11.3 Å². The van der Waals surface area contributed by atoms with Gasteiger partial charge in [-0.2, -0.15) is 0 Å². The molecule has 0 saturated carbocycles. The van der Waals surface area contributed by atoms with Gasteiger partial charge in [0.15, 0.2) is 0 Å². The van der Waals surface area contributed by atoms with E-state index in [2.05, 4.69) is 4.74 Å². The van der Waals surface area contributed by atoms with Gasteiger partial charge in [-0.15, -0.1) is 11.3 Å². The standard InChI is InChI=1S/C9H11NO3S/c1-10(8(11)9(12)13-2)6-7-4-3-5-14-7/h3-5H,6H2,1-2H3. The molecule has 0 atom stereocenters. The quantitative estimate of drug-likeness (QED) is 0.541. The lowest BCUT2D eigenvalue weighted by atomic mass is 10.4. The number of nitrogens with zero attached hydrogens (tertiary/aromatic N) is 1. The second-order valence-corrected chi connectivity index (χ2v) is 3.76. The van der Waals surface area contributed by atoms with E-state index in [1.807, 2.05) is 17.5 Å². The van der Waals surface area contributed by atoms with Gasteiger partial charge in [-0.1, -0.05) is 6.07 Å². The number of esters is 1. The molecular weight excluding hydrogens is 202 g/mol. The Labute approximate surface area is 86.1 Å². The zero-order valence-electron chi connectivity index (χ0n) is 8.02. The molecule has 0 aliphatic carbocycles. The Morgan fingerprint density at radius 3 is 2.79 bits per heavy atom. The van der Waals surface area contributed by atoms with Crippen LogP contribution in [0.15, 0.2) is 17.5 Å². The van der Waals surface area contributed by atoms with E-state index in [9.17, 15) is 9.59 Å². The highest BCUT2D eigenvalue weighted by Gasteiger charge is 2.19. The van der Waals surface area contributed by atoms with E-state index < -0.39 is 11.9 Å². The van der Waals surface area contributed by atoms with Crippen molar-refractivity contribution in [2.24, 2.45) is 0 Å². The lowest BCUT2D eigenvalue weighted by Gasteiger charge is -2.13. The number of thiophene rings is 1. The van der Waals surface area contributed by atoms with Gasteiger partial charge >= 0.3 is 11.9 Å². The van der Waals surface area contributed by atoms with Crippen molar-refractivity contribution in [3.05, 3.63) is 22.4 Å². The van der Waals surface area contributed by atoms with Gasteiger partial charge in [-0.3, -0.25) is 4.79 Å². The van der Waals surface area contributed by atoms with Gasteiger partial charge in [-0.05, 0) is 11.4 Å². The smallest absolute Gasteiger partial charge is 0.396 e. The van der Waals surface area contributed by atoms with Gasteiger partial charge in [0.05, 0.1) is 13.7 Å². The first-order valence-electron chi connectivity index (χ1n) is 4.01. The summed E-state index contributed by atoms with van der Waals surface area (Å²) >= 11 is 1.54. The molecule has 0 fully saturated rings. The molecule has 1 heterocycles. The number of carbonyl (C=O) groups excluding carboxylic acids is 2. The number of hydrogen-bond donors (Lipinski definition) is 0. The predicted molar refractivity (Wildman–Crippen MR) is 52.8 cm³/mol. The molecule has 1 aromatic heterocycles. The van der Waals surface area contributed by atoms with Crippen molar-refractivity contribution in [3.8, 4) is 0 Å². The van der Waals surface area contributed by atoms with E-state index in [0.29, 0.717) is 6.54 Å². The molecule has 0 aromatic carbocycles. The number of rotatable bonds is 2. The molecule has 1 amide bonds. The molecule has 76 valence electrons. The molecular formula is C9H11NO3S. The molecule has 1 rings (SSSR count). The lowest BCUT2D eigenvalue weighted by molar-refractivity contribution is -0.157. The third kappa shape index (κ3) is 2.56. The Kier molecular flexibility index (Phi) is 3.64. The van der Waals surface area contributed by atoms with Crippen molar-refractivity contribution < 1.29 is 14.3 Å². The highest BCUT2D eigenvalue weighted by molar-refractivity contribution is 7.09. The summed E-state index contributed by atoms with van der Waals surface area (Å²) in [7, 11) is 2.76. The maximum atomic E-state index is 11.3. The van der Waals surface area contributed by atoms with Crippen LogP contribution in [0.2, 0.25) is 0 Å². The summed E-state index contributed by atoms with van der Waals surface area (Å²) in [4.78, 5) is 24.5. The van der Waals surface area contributed by atoms with Gasteiger partial charge < -0.3 is 9.64 Å². The van der Waals surface area contributed by atoms with Gasteiger partial charge in [0, 0.05) is 11.9 Å². The van der Waals surface area contributed by atoms with Crippen molar-refractivity contribution in [1.82, 2.24) is 4.90 Å². The van der Waals surface area contributed by atoms with Crippen molar-refractivity contribution in [2.75, 3.05) is 14.2 Å². The molecule has 4 nitrogen and oxygen atoms in total. The third-order valence-electron chi connectivity index (χ3n) is 1.68. The minimum absolute atomic E-state index is 0.436. The molecule has 0 aliphatic rings. The van der Waals surface area contributed by atoms with Crippen molar-refractivity contribution in [1.29, 1.82) is 0 Å². The Bertz CT molecular complexity index is 321. The largest absolute Gasteiger partial charge is 0.462 e. The number of hydrogen-bond acceptors (Lipinski definition) is 4. The fourth-order valence-corrected chi connectivity index (χ4v) is 1.71. The molecule has 1 aromatic rings. The Balaban J connectivity index is 2.54. The second-order valence-electron chi connectivity index (χ2n) is 2.73. The molecule has 5 heteroatoms. The molecule has 14 heavy (non-hydrogen) atoms. The first kappa shape index (κ1) is 10.7. The first-order chi connectivity index (χ1) is 6.65. The Morgan fingerprint density at radius 1 is 1.57 bits per heavy atom. The van der Waals surface area contributed by atoms with Gasteiger partial charge in [0.1, 0.15) is 0 Å². The van der Waals surface area contributed by atoms with E-state index in [0.717, 1.165) is 4.88 Å². The average molecular weight is 213 g/mol. The van der Waals surface area contributed by atoms with Crippen molar-refractivity contribution in [2.45, 2.75) is 6.54 Å². The highest BCUT2D eigenvalue weighted by Crippen LogP contribution is 2.10. The fourth-order valence-electron chi connectivity index (χ4n) is 0.951. The van der Waals surface area contributed by atoms with Crippen molar-refractivity contribution >= 4 is 23.2 Å². The SMILES string of the molecule is COC(=O)C(=O)N(C)Cc1cccs1. The number of methoxy groups -OCH3 is 1. The van der Waals surface area contributed by atoms with Gasteiger partial charge in [-0.25, -0.2) is 4.79 Å². The predicted octanol–water partition coefficient (Wildman–Crippen LogP) is 0.879. The van der Waals surface area contributed by atoms with Crippen LogP contribution in [0.4, 0.5) is 0 Å². The third-order valence-corrected chi connectivity index (χ3v) is 2.54. The average Bonchev–Trinajstić information content (AvgIpc) is 2.68. The van der Waals surface area contributed by atoms with Crippen molar-refractivity contribution in [3.63, 3.8) is 0 Å². The maximum absolute atomic E-state index is 11.3. The van der Waals surface area contributed by atoms with E-state index in [4.69, 9.17) is 0 Å². The van der Waals surface area contributed by atoms with Crippen LogP contribution < -0.4 is 0 Å². The summed E-state index contributed by atoms with van der Waals surface area (Å²) in [6, 6.07) is 3.81. The summed E-state index contributed by atoms with van der Waals surface area (Å²) in [6.45, 7) is 0.436. The second kappa shape index (κ2) is 4.76. The van der Waals surface area contributed by atoms with Crippen LogP contribution in [-0.2, 0) is 20.9 Å². The lowest BCUT2D eigenvalue weighted by Crippen LogP contribution is -2.33. The van der Waals surface area contributed by atoms with Crippen LogP contribution in [0.5, 0.6) is 0 Å². The van der Waals surface area contributed by atoms with Crippen LogP contribution in [0.3, 0.4) is 0 Å². The summed E-state index contributed by atoms with van der Waals surface area (Å²) in [5.41, 5.74) is 0. The van der Waals surface area contributed by atoms with E-state index in [-0.39, 0.29) is 0 Å². The van der Waals surface area contributed by atoms with Crippen LogP contribution in [0.1, 0.15) is 4.88 Å². The Hall–Kier alpha value is -1.36. The Morgan fingerprint density at radius 2 is 2.29 bits per heavy atom. The van der Waals surface area contributed by atoms with E-state index in [1.165, 1.54) is 12.0 Å². The summed E-state index contributed by atoms with van der Waals surface area (Å²) < 4.78 is 4.33. The number of carbonyl (C=O) groups is 2. The molecule has 0 bridgehead atoms. The topological polar surface area (TPSA) is 46.6 Å². The summed E-state index contributed by atoms with van der Waals surface area (Å²) in [6.07, 6.45) is 0. The molecule has 0 saturated heterocycles. The number of amides is 1. The van der Waals surface area contributed by atoms with Crippen LogP contribution in [-0.4, -0.2) is 30.9 Å². The monoisotopic (exact) mass is 213 g/mol. The van der Waals surface area contributed by atoms with Crippen LogP contribution in [0, 0.1) is 0 Å². The van der Waals surface area contributed by atoms with Gasteiger partial charge in [0.2, 0.25) is 0 Å². The molecule has 0 N–H and O–H groups in total. The zero-order valence-corrected chi connectivity index (χ0v) is 8.84. The number of likely N-dealkylation sites (N-methyl/N-ethyl adjacent to an activating group) is 1. The molecule has 0 radical (unpaired) electrons. The van der Waals surface area contributed by atoms with Crippen LogP contribution in [0.25, 0.3) is 0 Å². The molecule has 0 spiro atoms. The summed E-state index contributed by atoms with van der Waals surface area (Å²) in [5, 5.41) is 1.92.